The Morgan fingerprint density at radius 2 is 1.84 bits per heavy atom. The first-order chi connectivity index (χ1) is 15.6. The van der Waals surface area contributed by atoms with Crippen molar-refractivity contribution >= 4 is 11.6 Å². The normalized spacial score (nSPS) is 16.3. The summed E-state index contributed by atoms with van der Waals surface area (Å²) in [6.07, 6.45) is 3.08. The van der Waals surface area contributed by atoms with Gasteiger partial charge in [0.1, 0.15) is 5.75 Å². The Bertz CT molecular complexity index is 1090. The summed E-state index contributed by atoms with van der Waals surface area (Å²) in [5.41, 5.74) is 3.43. The molecule has 0 spiro atoms. The summed E-state index contributed by atoms with van der Waals surface area (Å²) in [4.78, 5) is 19.5. The van der Waals surface area contributed by atoms with E-state index in [1.54, 1.807) is 12.0 Å². The molecule has 0 saturated heterocycles. The quantitative estimate of drug-likeness (QED) is 0.480. The number of allylic oxidation sites excluding steroid dienone is 1. The zero-order valence-electron chi connectivity index (χ0n) is 18.7. The number of methoxy groups -OCH3 is 1. The molecule has 4 rings (SSSR count). The number of aromatic nitrogens is 2. The minimum absolute atomic E-state index is 0.119. The number of hydrogen-bond donors (Lipinski definition) is 1. The van der Waals surface area contributed by atoms with Crippen LogP contribution in [0.25, 0.3) is 17.0 Å². The second-order valence-corrected chi connectivity index (χ2v) is 7.80. The molecule has 166 valence electrons. The lowest BCUT2D eigenvalue weighted by atomic mass is 9.94. The van der Waals surface area contributed by atoms with E-state index in [4.69, 9.17) is 9.26 Å². The predicted molar refractivity (Wildman–Crippen MR) is 123 cm³/mol. The molecule has 0 fully saturated rings. The number of urea groups is 1. The summed E-state index contributed by atoms with van der Waals surface area (Å²) in [5, 5.41) is 7.34. The van der Waals surface area contributed by atoms with Crippen LogP contribution >= 0.6 is 0 Å². The predicted octanol–water partition coefficient (Wildman–Crippen LogP) is 5.43. The minimum atomic E-state index is -0.403. The molecule has 0 saturated carbocycles. The van der Waals surface area contributed by atoms with Gasteiger partial charge in [-0.25, -0.2) is 4.79 Å². The van der Waals surface area contributed by atoms with Crippen molar-refractivity contribution in [3.8, 4) is 17.1 Å². The smallest absolute Gasteiger partial charge is 0.322 e. The average Bonchev–Trinajstić information content (AvgIpc) is 3.31. The zero-order chi connectivity index (χ0) is 22.5. The van der Waals surface area contributed by atoms with Gasteiger partial charge in [0.15, 0.2) is 0 Å². The summed E-state index contributed by atoms with van der Waals surface area (Å²) in [6.45, 7) is 4.74. The van der Waals surface area contributed by atoms with Crippen molar-refractivity contribution < 1.29 is 14.1 Å². The van der Waals surface area contributed by atoms with Gasteiger partial charge in [-0.3, -0.25) is 4.90 Å². The van der Waals surface area contributed by atoms with Crippen LogP contribution < -0.4 is 10.1 Å². The Balaban J connectivity index is 1.76. The molecule has 2 amide bonds. The molecule has 0 radical (unpaired) electrons. The highest BCUT2D eigenvalue weighted by atomic mass is 16.5. The fourth-order valence-corrected chi connectivity index (χ4v) is 3.93. The lowest BCUT2D eigenvalue weighted by Crippen LogP contribution is -2.46. The van der Waals surface area contributed by atoms with Gasteiger partial charge >= 0.3 is 6.03 Å². The number of unbranched alkanes of at least 4 members (excludes halogenated alkanes) is 2. The Morgan fingerprint density at radius 3 is 2.53 bits per heavy atom. The van der Waals surface area contributed by atoms with Crippen LogP contribution in [0.2, 0.25) is 0 Å². The Labute approximate surface area is 188 Å². The fraction of sp³-hybridized carbons (Fsp3) is 0.320. The molecule has 32 heavy (non-hydrogen) atoms. The van der Waals surface area contributed by atoms with Crippen molar-refractivity contribution in [2.24, 2.45) is 0 Å². The van der Waals surface area contributed by atoms with Gasteiger partial charge in [-0.15, -0.1) is 0 Å². The molecule has 2 aromatic carbocycles. The number of nitrogens with one attached hydrogen (secondary N) is 1. The first-order valence-electron chi connectivity index (χ1n) is 10.9. The van der Waals surface area contributed by atoms with Gasteiger partial charge in [-0.1, -0.05) is 67.4 Å². The van der Waals surface area contributed by atoms with E-state index in [1.165, 1.54) is 0 Å². The van der Waals surface area contributed by atoms with Crippen molar-refractivity contribution in [3.63, 3.8) is 0 Å². The maximum Gasteiger partial charge on any atom is 0.322 e. The van der Waals surface area contributed by atoms with Crippen molar-refractivity contribution in [2.75, 3.05) is 13.7 Å². The van der Waals surface area contributed by atoms with E-state index >= 15 is 0 Å². The average molecular weight is 433 g/mol. The first kappa shape index (κ1) is 21.6. The van der Waals surface area contributed by atoms with Crippen LogP contribution in [0.4, 0.5) is 4.79 Å². The van der Waals surface area contributed by atoms with Gasteiger partial charge in [0.2, 0.25) is 5.82 Å². The molecule has 0 bridgehead atoms. The second kappa shape index (κ2) is 9.68. The van der Waals surface area contributed by atoms with Gasteiger partial charge in [0.25, 0.3) is 5.89 Å². The van der Waals surface area contributed by atoms with E-state index in [2.05, 4.69) is 22.4 Å². The van der Waals surface area contributed by atoms with Gasteiger partial charge in [0, 0.05) is 17.8 Å². The molecule has 2 heterocycles. The summed E-state index contributed by atoms with van der Waals surface area (Å²) in [5.74, 6) is 1.68. The SMILES string of the molecule is CCCCCN1C(=O)NC(c2ccc(OC)cc2)C(c2nc(-c3ccccc3)no2)=C1C. The number of benzene rings is 2. The highest BCUT2D eigenvalue weighted by molar-refractivity contribution is 5.86. The third kappa shape index (κ3) is 4.37. The van der Waals surface area contributed by atoms with Crippen LogP contribution in [-0.4, -0.2) is 34.7 Å². The van der Waals surface area contributed by atoms with Gasteiger partial charge in [-0.05, 0) is 31.0 Å². The summed E-state index contributed by atoms with van der Waals surface area (Å²) in [7, 11) is 1.63. The molecule has 3 aromatic rings. The topological polar surface area (TPSA) is 80.5 Å². The number of carbonyl (C=O) groups excluding carboxylic acids is 1. The van der Waals surface area contributed by atoms with Crippen LogP contribution in [0.3, 0.4) is 0 Å². The van der Waals surface area contributed by atoms with Crippen molar-refractivity contribution in [1.82, 2.24) is 20.4 Å². The summed E-state index contributed by atoms with van der Waals surface area (Å²) in [6, 6.07) is 16.8. The van der Waals surface area contributed by atoms with E-state index in [0.717, 1.165) is 47.4 Å². The molecule has 1 atom stereocenters. The lowest BCUT2D eigenvalue weighted by Gasteiger charge is -2.35. The van der Waals surface area contributed by atoms with Gasteiger partial charge < -0.3 is 14.6 Å². The number of carbonyl (C=O) groups is 1. The first-order valence-corrected chi connectivity index (χ1v) is 10.9. The van der Waals surface area contributed by atoms with E-state index in [0.29, 0.717) is 18.3 Å². The minimum Gasteiger partial charge on any atom is -0.497 e. The molecular formula is C25H28N4O3. The van der Waals surface area contributed by atoms with Crippen molar-refractivity contribution in [3.05, 3.63) is 71.7 Å². The molecule has 1 unspecified atom stereocenters. The van der Waals surface area contributed by atoms with Crippen LogP contribution in [0.1, 0.15) is 50.6 Å². The molecule has 1 aromatic heterocycles. The Kier molecular flexibility index (Phi) is 6.54. The van der Waals surface area contributed by atoms with Crippen LogP contribution in [0.5, 0.6) is 5.75 Å². The maximum absolute atomic E-state index is 13.0. The molecule has 1 aliphatic heterocycles. The molecule has 1 aliphatic rings. The van der Waals surface area contributed by atoms with E-state index in [9.17, 15) is 4.79 Å². The molecule has 7 nitrogen and oxygen atoms in total. The highest BCUT2D eigenvalue weighted by Crippen LogP contribution is 2.37. The molecule has 1 N–H and O–H groups in total. The standard InChI is InChI=1S/C25H28N4O3/c1-4-5-9-16-29-17(2)21(24-27-23(28-32-24)19-10-7-6-8-11-19)22(26-25(29)30)18-12-14-20(31-3)15-13-18/h6-8,10-15,22H,4-5,9,16H2,1-3H3,(H,26,30). The number of nitrogens with zero attached hydrogens (tertiary/aromatic N) is 3. The van der Waals surface area contributed by atoms with Crippen molar-refractivity contribution in [1.29, 1.82) is 0 Å². The zero-order valence-corrected chi connectivity index (χ0v) is 18.7. The van der Waals surface area contributed by atoms with Crippen LogP contribution in [0.15, 0.2) is 64.8 Å². The Morgan fingerprint density at radius 1 is 1.09 bits per heavy atom. The number of amides is 2. The van der Waals surface area contributed by atoms with E-state index < -0.39 is 6.04 Å². The monoisotopic (exact) mass is 432 g/mol. The number of hydrogen-bond acceptors (Lipinski definition) is 5. The summed E-state index contributed by atoms with van der Waals surface area (Å²) >= 11 is 0. The van der Waals surface area contributed by atoms with Gasteiger partial charge in [0.05, 0.1) is 18.7 Å². The molecular weight excluding hydrogens is 404 g/mol. The third-order valence-corrected chi connectivity index (χ3v) is 5.72. The largest absolute Gasteiger partial charge is 0.497 e. The summed E-state index contributed by atoms with van der Waals surface area (Å²) < 4.78 is 11.0. The van der Waals surface area contributed by atoms with Crippen LogP contribution in [0, 0.1) is 0 Å². The number of ether oxygens (including phenoxy) is 1. The number of rotatable bonds is 8. The Hall–Kier alpha value is -3.61. The van der Waals surface area contributed by atoms with Crippen molar-refractivity contribution in [2.45, 2.75) is 39.2 Å². The molecule has 7 heteroatoms. The molecule has 0 aliphatic carbocycles. The maximum atomic E-state index is 13.0. The van der Waals surface area contributed by atoms with Crippen LogP contribution in [-0.2, 0) is 0 Å². The fourth-order valence-electron chi connectivity index (χ4n) is 3.93. The van der Waals surface area contributed by atoms with Gasteiger partial charge in [-0.2, -0.15) is 4.98 Å². The highest BCUT2D eigenvalue weighted by Gasteiger charge is 2.35. The second-order valence-electron chi connectivity index (χ2n) is 7.80. The lowest BCUT2D eigenvalue weighted by molar-refractivity contribution is 0.204. The third-order valence-electron chi connectivity index (χ3n) is 5.72. The van der Waals surface area contributed by atoms with E-state index in [-0.39, 0.29) is 6.03 Å². The van der Waals surface area contributed by atoms with E-state index in [1.807, 2.05) is 61.5 Å².